The zero-order valence-corrected chi connectivity index (χ0v) is 14.9. The van der Waals surface area contributed by atoms with Crippen LogP contribution in [-0.2, 0) is 0 Å². The Morgan fingerprint density at radius 2 is 0.667 bits per heavy atom. The Morgan fingerprint density at radius 3 is 1.04 bits per heavy atom. The summed E-state index contributed by atoms with van der Waals surface area (Å²) in [7, 11) is 0. The van der Waals surface area contributed by atoms with Crippen LogP contribution in [-0.4, -0.2) is 0 Å². The molecule has 128 valence electrons. The molecule has 4 aliphatic rings. The highest BCUT2D eigenvalue weighted by Crippen LogP contribution is 2.38. The minimum absolute atomic E-state index is 1.10. The normalized spacial score (nSPS) is 15.3. The van der Waals surface area contributed by atoms with Crippen molar-refractivity contribution in [3.05, 3.63) is 131 Å². The van der Waals surface area contributed by atoms with E-state index in [9.17, 15) is 0 Å². The summed E-state index contributed by atoms with van der Waals surface area (Å²) in [5, 5.41) is 3.48. The predicted octanol–water partition coefficient (Wildman–Crippen LogP) is 6.75. The van der Waals surface area contributed by atoms with Gasteiger partial charge in [0.15, 0.2) is 0 Å². The summed E-state index contributed by atoms with van der Waals surface area (Å²) in [5.74, 6) is 0. The fourth-order valence-corrected chi connectivity index (χ4v) is 3.73. The SMILES string of the molecule is c1ccc(/C2=C(/c3ccccc3)c3ccc(cc3)Nc3ccc2cc3)cc1. The van der Waals surface area contributed by atoms with Crippen molar-refractivity contribution in [2.24, 2.45) is 0 Å². The largest absolute Gasteiger partial charge is 0.356 e. The van der Waals surface area contributed by atoms with Crippen molar-refractivity contribution in [1.29, 1.82) is 0 Å². The van der Waals surface area contributed by atoms with Gasteiger partial charge in [-0.2, -0.15) is 0 Å². The first kappa shape index (κ1) is 15.7. The Bertz CT molecular complexity index is 999. The highest BCUT2D eigenvalue weighted by atomic mass is 14.9. The van der Waals surface area contributed by atoms with Gasteiger partial charge in [0.05, 0.1) is 0 Å². The maximum absolute atomic E-state index is 3.48. The van der Waals surface area contributed by atoms with E-state index in [0.29, 0.717) is 0 Å². The number of rotatable bonds is 2. The van der Waals surface area contributed by atoms with Crippen molar-refractivity contribution in [3.8, 4) is 0 Å². The van der Waals surface area contributed by atoms with Crippen molar-refractivity contribution in [2.45, 2.75) is 0 Å². The lowest BCUT2D eigenvalue weighted by atomic mass is 9.86. The highest BCUT2D eigenvalue weighted by molar-refractivity contribution is 6.04. The number of nitrogens with one attached hydrogen (secondary N) is 1. The van der Waals surface area contributed by atoms with Gasteiger partial charge in [-0.25, -0.2) is 0 Å². The van der Waals surface area contributed by atoms with Crippen molar-refractivity contribution in [1.82, 2.24) is 0 Å². The van der Waals surface area contributed by atoms with Crippen LogP contribution >= 0.6 is 0 Å². The van der Waals surface area contributed by atoms with E-state index in [1.54, 1.807) is 0 Å². The van der Waals surface area contributed by atoms with Gasteiger partial charge in [-0.3, -0.25) is 0 Å². The van der Waals surface area contributed by atoms with Gasteiger partial charge in [-0.05, 0) is 57.7 Å². The lowest BCUT2D eigenvalue weighted by Gasteiger charge is -2.17. The van der Waals surface area contributed by atoms with Crippen LogP contribution in [0.15, 0.2) is 109 Å². The quantitative estimate of drug-likeness (QED) is 0.373. The molecular formula is C26H19N. The molecule has 1 N–H and O–H groups in total. The molecule has 0 spiro atoms. The summed E-state index contributed by atoms with van der Waals surface area (Å²) < 4.78 is 0. The molecule has 4 aromatic carbocycles. The Balaban J connectivity index is 1.92. The van der Waals surface area contributed by atoms with E-state index in [1.165, 1.54) is 33.4 Å². The topological polar surface area (TPSA) is 12.0 Å². The Labute approximate surface area is 159 Å². The molecule has 0 unspecified atom stereocenters. The average Bonchev–Trinajstić information content (AvgIpc) is 2.82. The minimum Gasteiger partial charge on any atom is -0.356 e. The third kappa shape index (κ3) is 2.94. The summed E-state index contributed by atoms with van der Waals surface area (Å²) in [4.78, 5) is 0. The lowest BCUT2D eigenvalue weighted by molar-refractivity contribution is 1.51. The molecule has 0 aliphatic carbocycles. The maximum atomic E-state index is 3.48. The summed E-state index contributed by atoms with van der Waals surface area (Å²) >= 11 is 0. The van der Waals surface area contributed by atoms with Crippen LogP contribution in [0.25, 0.3) is 11.1 Å². The number of benzene rings is 4. The molecule has 1 nitrogen and oxygen atoms in total. The summed E-state index contributed by atoms with van der Waals surface area (Å²) in [6.45, 7) is 0. The van der Waals surface area contributed by atoms with Gasteiger partial charge in [0.1, 0.15) is 0 Å². The highest BCUT2D eigenvalue weighted by Gasteiger charge is 2.17. The first-order valence-electron chi connectivity index (χ1n) is 9.21. The zero-order chi connectivity index (χ0) is 18.1. The molecule has 0 saturated carbocycles. The molecule has 27 heavy (non-hydrogen) atoms. The molecule has 0 fully saturated rings. The second-order valence-electron chi connectivity index (χ2n) is 6.76. The van der Waals surface area contributed by atoms with Crippen LogP contribution in [0.3, 0.4) is 0 Å². The van der Waals surface area contributed by atoms with E-state index < -0.39 is 0 Å². The van der Waals surface area contributed by atoms with Gasteiger partial charge in [0.2, 0.25) is 0 Å². The van der Waals surface area contributed by atoms with Gasteiger partial charge in [-0.1, -0.05) is 84.9 Å². The molecule has 0 atom stereocenters. The van der Waals surface area contributed by atoms with Crippen LogP contribution in [0.1, 0.15) is 22.3 Å². The first-order chi connectivity index (χ1) is 13.4. The average molecular weight is 345 g/mol. The van der Waals surface area contributed by atoms with Crippen LogP contribution < -0.4 is 5.32 Å². The Kier molecular flexibility index (Phi) is 3.84. The maximum Gasteiger partial charge on any atom is 0.0384 e. The third-order valence-electron chi connectivity index (χ3n) is 5.01. The summed E-state index contributed by atoms with van der Waals surface area (Å²) in [6.07, 6.45) is 0. The smallest absolute Gasteiger partial charge is 0.0384 e. The van der Waals surface area contributed by atoms with E-state index in [1.807, 2.05) is 0 Å². The van der Waals surface area contributed by atoms with Gasteiger partial charge in [0.25, 0.3) is 0 Å². The first-order valence-corrected chi connectivity index (χ1v) is 9.21. The van der Waals surface area contributed by atoms with Crippen LogP contribution in [0, 0.1) is 0 Å². The number of anilines is 2. The molecule has 0 saturated heterocycles. The standard InChI is InChI=1S/C26H19N/c1-3-7-19(8-4-1)25-21-11-15-23(16-12-21)27-24-17-13-22(14-18-24)26(25)20-9-5-2-6-10-20/h1-18,27H/b26-25+. The molecule has 0 amide bonds. The second kappa shape index (κ2) is 6.62. The van der Waals surface area contributed by atoms with E-state index in [2.05, 4.69) is 115 Å². The van der Waals surface area contributed by atoms with Crippen LogP contribution in [0.4, 0.5) is 11.4 Å². The van der Waals surface area contributed by atoms with Gasteiger partial charge < -0.3 is 5.32 Å². The van der Waals surface area contributed by atoms with Gasteiger partial charge in [-0.15, -0.1) is 0 Å². The van der Waals surface area contributed by atoms with E-state index in [-0.39, 0.29) is 0 Å². The molecule has 4 bridgehead atoms. The van der Waals surface area contributed by atoms with Crippen molar-refractivity contribution >= 4 is 22.5 Å². The van der Waals surface area contributed by atoms with Gasteiger partial charge in [0, 0.05) is 11.4 Å². The third-order valence-corrected chi connectivity index (χ3v) is 5.01. The number of hydrogen-bond acceptors (Lipinski definition) is 1. The molecule has 8 rings (SSSR count). The number of hydrogen-bond donors (Lipinski definition) is 1. The molecule has 4 heterocycles. The summed E-state index contributed by atoms with van der Waals surface area (Å²) in [6, 6.07) is 38.8. The van der Waals surface area contributed by atoms with E-state index in [4.69, 9.17) is 0 Å². The van der Waals surface area contributed by atoms with E-state index >= 15 is 0 Å². The molecule has 0 radical (unpaired) electrons. The van der Waals surface area contributed by atoms with Crippen molar-refractivity contribution < 1.29 is 0 Å². The second-order valence-corrected chi connectivity index (χ2v) is 6.76. The minimum atomic E-state index is 1.10. The van der Waals surface area contributed by atoms with Crippen molar-refractivity contribution in [3.63, 3.8) is 0 Å². The van der Waals surface area contributed by atoms with Crippen LogP contribution in [0.2, 0.25) is 0 Å². The summed E-state index contributed by atoms with van der Waals surface area (Å²) in [5.41, 5.74) is 9.58. The fraction of sp³-hybridized carbons (Fsp3) is 0. The van der Waals surface area contributed by atoms with Gasteiger partial charge >= 0.3 is 0 Å². The monoisotopic (exact) mass is 345 g/mol. The van der Waals surface area contributed by atoms with Crippen LogP contribution in [0.5, 0.6) is 0 Å². The lowest BCUT2D eigenvalue weighted by Crippen LogP contribution is -1.96. The predicted molar refractivity (Wildman–Crippen MR) is 114 cm³/mol. The molecule has 4 aromatic rings. The van der Waals surface area contributed by atoms with Crippen molar-refractivity contribution in [2.75, 3.05) is 5.32 Å². The van der Waals surface area contributed by atoms with E-state index in [0.717, 1.165) is 11.4 Å². The zero-order valence-electron chi connectivity index (χ0n) is 14.9. The molecule has 0 aromatic heterocycles. The molecule has 4 aliphatic heterocycles. The Hall–Kier alpha value is -3.58. The molecule has 1 heteroatoms. The molecular weight excluding hydrogens is 326 g/mol. The Morgan fingerprint density at radius 1 is 0.333 bits per heavy atom. The fourth-order valence-electron chi connectivity index (χ4n) is 3.73.